The van der Waals surface area contributed by atoms with Gasteiger partial charge in [-0.1, -0.05) is 32.4 Å². The quantitative estimate of drug-likeness (QED) is 0.852. The van der Waals surface area contributed by atoms with Crippen LogP contribution in [0.4, 0.5) is 0 Å². The van der Waals surface area contributed by atoms with Crippen molar-refractivity contribution < 1.29 is 13.9 Å². The van der Waals surface area contributed by atoms with Crippen molar-refractivity contribution in [2.75, 3.05) is 19.7 Å². The zero-order valence-electron chi connectivity index (χ0n) is 15.9. The van der Waals surface area contributed by atoms with E-state index in [0.29, 0.717) is 0 Å². The lowest BCUT2D eigenvalue weighted by Crippen LogP contribution is -2.46. The summed E-state index contributed by atoms with van der Waals surface area (Å²) in [7, 11) is 0. The summed E-state index contributed by atoms with van der Waals surface area (Å²) in [5.41, 5.74) is 7.68. The zero-order chi connectivity index (χ0) is 18.2. The molecule has 138 valence electrons. The van der Waals surface area contributed by atoms with Crippen LogP contribution >= 0.6 is 0 Å². The molecule has 1 spiro atoms. The third-order valence-corrected chi connectivity index (χ3v) is 5.22. The van der Waals surface area contributed by atoms with Crippen LogP contribution in [0.25, 0.3) is 0 Å². The van der Waals surface area contributed by atoms with Gasteiger partial charge in [0.25, 0.3) is 5.91 Å². The average molecular weight is 346 g/mol. The number of piperidine rings is 1. The van der Waals surface area contributed by atoms with Crippen LogP contribution in [-0.2, 0) is 16.7 Å². The molecule has 2 aliphatic heterocycles. The van der Waals surface area contributed by atoms with Gasteiger partial charge in [-0.2, -0.15) is 0 Å². The van der Waals surface area contributed by atoms with E-state index < -0.39 is 5.91 Å². The van der Waals surface area contributed by atoms with Crippen LogP contribution in [0.15, 0.2) is 22.1 Å². The third kappa shape index (κ3) is 3.98. The van der Waals surface area contributed by atoms with E-state index in [1.165, 1.54) is 5.57 Å². The second kappa shape index (κ2) is 6.61. The van der Waals surface area contributed by atoms with Crippen molar-refractivity contribution >= 4 is 5.91 Å². The van der Waals surface area contributed by atoms with Crippen molar-refractivity contribution in [1.29, 1.82) is 0 Å². The van der Waals surface area contributed by atoms with Crippen LogP contribution in [0.1, 0.15) is 68.8 Å². The van der Waals surface area contributed by atoms with Crippen LogP contribution in [0.3, 0.4) is 0 Å². The maximum Gasteiger partial charge on any atom is 0.284 e. The molecule has 0 unspecified atom stereocenters. The highest BCUT2D eigenvalue weighted by atomic mass is 16.5. The summed E-state index contributed by atoms with van der Waals surface area (Å²) in [5, 5.41) is 0. The van der Waals surface area contributed by atoms with E-state index in [1.807, 2.05) is 6.07 Å². The first-order chi connectivity index (χ1) is 11.7. The lowest BCUT2D eigenvalue weighted by molar-refractivity contribution is -0.0577. The van der Waals surface area contributed by atoms with Gasteiger partial charge in [0.15, 0.2) is 5.76 Å². The molecule has 2 N–H and O–H groups in total. The number of carbonyl (C=O) groups excluding carboxylic acids is 1. The molecule has 1 fully saturated rings. The predicted octanol–water partition coefficient (Wildman–Crippen LogP) is 3.38. The fourth-order valence-corrected chi connectivity index (χ4v) is 3.90. The molecule has 2 aliphatic rings. The van der Waals surface area contributed by atoms with Gasteiger partial charge in [-0.05, 0) is 32.3 Å². The van der Waals surface area contributed by atoms with Gasteiger partial charge in [0.1, 0.15) is 5.76 Å². The minimum atomic E-state index is -0.509. The van der Waals surface area contributed by atoms with E-state index in [0.717, 1.165) is 56.8 Å². The highest BCUT2D eigenvalue weighted by molar-refractivity contribution is 5.90. The molecule has 3 rings (SSSR count). The van der Waals surface area contributed by atoms with E-state index in [9.17, 15) is 4.79 Å². The first kappa shape index (κ1) is 18.2. The van der Waals surface area contributed by atoms with Gasteiger partial charge in [-0.25, -0.2) is 0 Å². The summed E-state index contributed by atoms with van der Waals surface area (Å²) >= 11 is 0. The first-order valence-corrected chi connectivity index (χ1v) is 9.16. The minimum Gasteiger partial charge on any atom is -0.455 e. The van der Waals surface area contributed by atoms with E-state index >= 15 is 0 Å². The smallest absolute Gasteiger partial charge is 0.284 e. The maximum absolute atomic E-state index is 11.5. The summed E-state index contributed by atoms with van der Waals surface area (Å²) in [5.74, 6) is 0.597. The van der Waals surface area contributed by atoms with Crippen LogP contribution in [0.5, 0.6) is 0 Å². The van der Waals surface area contributed by atoms with E-state index in [-0.39, 0.29) is 16.8 Å². The maximum atomic E-state index is 11.5. The Morgan fingerprint density at radius 1 is 1.32 bits per heavy atom. The number of likely N-dealkylation sites (tertiary alicyclic amines) is 1. The lowest BCUT2D eigenvalue weighted by Gasteiger charge is -2.42. The zero-order valence-corrected chi connectivity index (χ0v) is 15.9. The van der Waals surface area contributed by atoms with Gasteiger partial charge in [-0.15, -0.1) is 0 Å². The molecule has 0 radical (unpaired) electrons. The van der Waals surface area contributed by atoms with E-state index in [4.69, 9.17) is 14.9 Å². The molecular formula is C20H30N2O3. The minimum absolute atomic E-state index is 0.0690. The number of furan rings is 1. The molecule has 1 aromatic rings. The van der Waals surface area contributed by atoms with Gasteiger partial charge in [0.05, 0.1) is 12.2 Å². The molecule has 0 atom stereocenters. The van der Waals surface area contributed by atoms with Crippen molar-refractivity contribution in [3.05, 3.63) is 34.8 Å². The Kier molecular flexibility index (Phi) is 4.82. The molecule has 5 heteroatoms. The molecule has 25 heavy (non-hydrogen) atoms. The Hall–Kier alpha value is -1.59. The number of ether oxygens (including phenoxy) is 1. The largest absolute Gasteiger partial charge is 0.455 e. The summed E-state index contributed by atoms with van der Waals surface area (Å²) in [6.45, 7) is 12.0. The fraction of sp³-hybridized carbons (Fsp3) is 0.650. The number of nitrogens with two attached hydrogens (primary N) is 1. The Labute approximate surface area is 150 Å². The molecule has 0 aliphatic carbocycles. The molecule has 5 nitrogen and oxygen atoms in total. The monoisotopic (exact) mass is 346 g/mol. The van der Waals surface area contributed by atoms with Crippen LogP contribution in [0, 0.1) is 0 Å². The van der Waals surface area contributed by atoms with Gasteiger partial charge < -0.3 is 14.9 Å². The number of rotatable bonds is 3. The van der Waals surface area contributed by atoms with Crippen molar-refractivity contribution in [3.63, 3.8) is 0 Å². The summed E-state index contributed by atoms with van der Waals surface area (Å²) in [6.07, 6.45) is 5.40. The number of hydrogen-bond acceptors (Lipinski definition) is 4. The Balaban J connectivity index is 1.72. The van der Waals surface area contributed by atoms with Gasteiger partial charge >= 0.3 is 0 Å². The van der Waals surface area contributed by atoms with Crippen molar-refractivity contribution in [1.82, 2.24) is 4.90 Å². The van der Waals surface area contributed by atoms with Crippen molar-refractivity contribution in [2.24, 2.45) is 5.73 Å². The summed E-state index contributed by atoms with van der Waals surface area (Å²) in [4.78, 5) is 13.9. The molecule has 1 amide bonds. The van der Waals surface area contributed by atoms with E-state index in [2.05, 4.69) is 38.7 Å². The standard InChI is InChI=1S/C20H30N2O3/c1-14-5-10-24-20(12-14)6-8-22(9-7-20)13-15-11-16(18(21)23)25-17(15)19(2,3)4/h11-12H,5-10,13H2,1-4H3,(H2,21,23). The normalized spacial score (nSPS) is 21.4. The lowest BCUT2D eigenvalue weighted by atomic mass is 9.86. The third-order valence-electron chi connectivity index (χ3n) is 5.22. The number of hydrogen-bond donors (Lipinski definition) is 1. The molecule has 1 saturated heterocycles. The van der Waals surface area contributed by atoms with Gasteiger partial charge in [-0.3, -0.25) is 9.69 Å². The second-order valence-electron chi connectivity index (χ2n) is 8.51. The molecule has 0 saturated carbocycles. The number of primary amides is 1. The summed E-state index contributed by atoms with van der Waals surface area (Å²) in [6, 6.07) is 1.81. The van der Waals surface area contributed by atoms with Crippen LogP contribution in [-0.4, -0.2) is 36.1 Å². The van der Waals surface area contributed by atoms with Crippen LogP contribution in [0.2, 0.25) is 0 Å². The van der Waals surface area contributed by atoms with Gasteiger partial charge in [0.2, 0.25) is 0 Å². The Morgan fingerprint density at radius 3 is 2.56 bits per heavy atom. The molecule has 0 bridgehead atoms. The number of nitrogens with zero attached hydrogens (tertiary/aromatic N) is 1. The topological polar surface area (TPSA) is 68.7 Å². The molecular weight excluding hydrogens is 316 g/mol. The highest BCUT2D eigenvalue weighted by Crippen LogP contribution is 2.35. The Bertz CT molecular complexity index is 674. The Morgan fingerprint density at radius 2 is 2.00 bits per heavy atom. The SMILES string of the molecule is CC1=CC2(CCN(Cc3cc(C(N)=O)oc3C(C)(C)C)CC2)OCC1. The molecule has 0 aromatic carbocycles. The number of amides is 1. The molecule has 3 heterocycles. The fourth-order valence-electron chi connectivity index (χ4n) is 3.90. The summed E-state index contributed by atoms with van der Waals surface area (Å²) < 4.78 is 11.9. The van der Waals surface area contributed by atoms with Crippen molar-refractivity contribution in [3.8, 4) is 0 Å². The average Bonchev–Trinajstić information content (AvgIpc) is 2.94. The van der Waals surface area contributed by atoms with Crippen molar-refractivity contribution in [2.45, 2.75) is 64.5 Å². The van der Waals surface area contributed by atoms with E-state index in [1.54, 1.807) is 0 Å². The highest BCUT2D eigenvalue weighted by Gasteiger charge is 2.36. The predicted molar refractivity (Wildman–Crippen MR) is 97.5 cm³/mol. The number of carbonyl (C=O) groups is 1. The van der Waals surface area contributed by atoms with Crippen LogP contribution < -0.4 is 5.73 Å². The molecule has 1 aromatic heterocycles. The first-order valence-electron chi connectivity index (χ1n) is 9.16. The van der Waals surface area contributed by atoms with Gasteiger partial charge in [0, 0.05) is 30.6 Å². The second-order valence-corrected chi connectivity index (χ2v) is 8.51.